The minimum absolute atomic E-state index is 0.0343. The molecular formula is C8H11F2NO3S2. The molecule has 1 N–H and O–H groups in total. The van der Waals surface area contributed by atoms with Crippen LogP contribution in [0.2, 0.25) is 0 Å². The summed E-state index contributed by atoms with van der Waals surface area (Å²) in [7, 11) is 0. The zero-order valence-electron chi connectivity index (χ0n) is 8.48. The number of piperidine rings is 1. The van der Waals surface area contributed by atoms with Gasteiger partial charge in [-0.15, -0.1) is 0 Å². The van der Waals surface area contributed by atoms with Gasteiger partial charge < -0.3 is 14.7 Å². The van der Waals surface area contributed by atoms with Crippen molar-refractivity contribution in [2.75, 3.05) is 19.3 Å². The second-order valence-electron chi connectivity index (χ2n) is 3.31. The third-order valence-electron chi connectivity index (χ3n) is 2.21. The molecule has 1 saturated heterocycles. The maximum absolute atomic E-state index is 13.5. The summed E-state index contributed by atoms with van der Waals surface area (Å²) in [4.78, 5) is 11.2. The van der Waals surface area contributed by atoms with E-state index in [9.17, 15) is 13.6 Å². The Hall–Kier alpha value is -0.630. The maximum atomic E-state index is 13.5. The number of alkyl halides is 2. The van der Waals surface area contributed by atoms with Crippen LogP contribution < -0.4 is 0 Å². The summed E-state index contributed by atoms with van der Waals surface area (Å²) in [6.07, 6.45) is -1.10. The molecular weight excluding hydrogens is 260 g/mol. The molecule has 1 rings (SSSR count). The van der Waals surface area contributed by atoms with Crippen molar-refractivity contribution in [3.05, 3.63) is 0 Å². The molecule has 1 heterocycles. The van der Waals surface area contributed by atoms with E-state index < -0.39 is 24.7 Å². The van der Waals surface area contributed by atoms with Crippen molar-refractivity contribution in [3.63, 3.8) is 0 Å². The van der Waals surface area contributed by atoms with E-state index in [2.05, 4.69) is 0 Å². The largest absolute Gasteiger partial charge is 0.469 e. The van der Waals surface area contributed by atoms with Crippen molar-refractivity contribution in [3.8, 4) is 0 Å². The van der Waals surface area contributed by atoms with Gasteiger partial charge in [-0.1, -0.05) is 11.8 Å². The summed E-state index contributed by atoms with van der Waals surface area (Å²) in [6, 6.07) is 0. The van der Waals surface area contributed by atoms with Crippen LogP contribution in [0.3, 0.4) is 0 Å². The van der Waals surface area contributed by atoms with Gasteiger partial charge in [-0.3, -0.25) is 0 Å². The number of amides is 1. The zero-order chi connectivity index (χ0) is 12.3. The van der Waals surface area contributed by atoms with Crippen LogP contribution in [-0.2, 0) is 4.74 Å². The summed E-state index contributed by atoms with van der Waals surface area (Å²) >= 11 is 5.77. The maximum Gasteiger partial charge on any atom is 0.407 e. The van der Waals surface area contributed by atoms with Gasteiger partial charge in [-0.2, -0.15) is 0 Å². The molecule has 0 aromatic rings. The second kappa shape index (κ2) is 5.13. The van der Waals surface area contributed by atoms with Crippen molar-refractivity contribution in [2.45, 2.75) is 18.4 Å². The lowest BCUT2D eigenvalue weighted by atomic mass is 10.0. The van der Waals surface area contributed by atoms with Crippen LogP contribution in [0.25, 0.3) is 0 Å². The van der Waals surface area contributed by atoms with E-state index in [0.717, 1.165) is 11.8 Å². The smallest absolute Gasteiger partial charge is 0.407 e. The van der Waals surface area contributed by atoms with Crippen LogP contribution in [0.15, 0.2) is 0 Å². The lowest BCUT2D eigenvalue weighted by Gasteiger charge is -2.36. The van der Waals surface area contributed by atoms with E-state index in [1.165, 1.54) is 0 Å². The predicted octanol–water partition coefficient (Wildman–Crippen LogP) is 2.04. The summed E-state index contributed by atoms with van der Waals surface area (Å²) in [5.41, 5.74) is 0. The van der Waals surface area contributed by atoms with E-state index in [0.29, 0.717) is 4.90 Å². The summed E-state index contributed by atoms with van der Waals surface area (Å²) in [6.45, 7) is -0.809. The number of thiocarbonyl (C=S) groups is 1. The number of hydrogen-bond acceptors (Lipinski definition) is 4. The van der Waals surface area contributed by atoms with Crippen LogP contribution in [-0.4, -0.2) is 51.9 Å². The Bertz CT molecular complexity index is 301. The minimum atomic E-state index is -3.20. The molecule has 16 heavy (non-hydrogen) atoms. The highest BCUT2D eigenvalue weighted by atomic mass is 32.2. The molecule has 1 atom stereocenters. The van der Waals surface area contributed by atoms with Crippen molar-refractivity contribution in [1.29, 1.82) is 0 Å². The molecule has 0 bridgehead atoms. The van der Waals surface area contributed by atoms with Crippen LogP contribution in [0.4, 0.5) is 13.6 Å². The highest BCUT2D eigenvalue weighted by molar-refractivity contribution is 8.22. The van der Waals surface area contributed by atoms with Crippen LogP contribution in [0, 0.1) is 0 Å². The second-order valence-corrected chi connectivity index (χ2v) is 4.72. The molecule has 1 aliphatic heterocycles. The fourth-order valence-corrected chi connectivity index (χ4v) is 1.72. The molecule has 1 aliphatic rings. The number of likely N-dealkylation sites (tertiary alicyclic amines) is 1. The lowest BCUT2D eigenvalue weighted by Crippen LogP contribution is -2.54. The Balaban J connectivity index is 2.63. The Kier molecular flexibility index (Phi) is 4.31. The van der Waals surface area contributed by atoms with E-state index in [-0.39, 0.29) is 17.3 Å². The van der Waals surface area contributed by atoms with Crippen molar-refractivity contribution in [1.82, 2.24) is 4.90 Å². The van der Waals surface area contributed by atoms with Gasteiger partial charge in [0.25, 0.3) is 0 Å². The summed E-state index contributed by atoms with van der Waals surface area (Å²) in [5, 5.41) is 8.61. The number of hydrogen-bond donors (Lipinski definition) is 1. The first-order chi connectivity index (χ1) is 7.36. The van der Waals surface area contributed by atoms with Gasteiger partial charge in [0, 0.05) is 13.0 Å². The highest BCUT2D eigenvalue weighted by Gasteiger charge is 2.48. The Morgan fingerprint density at radius 2 is 2.31 bits per heavy atom. The summed E-state index contributed by atoms with van der Waals surface area (Å²) < 4.78 is 31.9. The number of halogens is 2. The quantitative estimate of drug-likeness (QED) is 0.740. The number of carboxylic acid groups (broad SMARTS) is 1. The standard InChI is InChI=1S/C8H11F2NO3S2/c1-16-7(15)14-5-2-3-11(6(12)13)4-8(5,9)10/h5H,2-4H2,1H3,(H,12,13). The Labute approximate surface area is 101 Å². The van der Waals surface area contributed by atoms with Gasteiger partial charge in [-0.25, -0.2) is 13.6 Å². The van der Waals surface area contributed by atoms with Crippen LogP contribution >= 0.6 is 24.0 Å². The third kappa shape index (κ3) is 3.18. The Morgan fingerprint density at radius 3 is 2.75 bits per heavy atom. The summed E-state index contributed by atoms with van der Waals surface area (Å²) in [5.74, 6) is -3.20. The normalized spacial score (nSPS) is 23.9. The molecule has 0 radical (unpaired) electrons. The molecule has 92 valence electrons. The van der Waals surface area contributed by atoms with Gasteiger partial charge in [0.05, 0.1) is 6.54 Å². The molecule has 0 aromatic carbocycles. The Morgan fingerprint density at radius 1 is 1.69 bits per heavy atom. The minimum Gasteiger partial charge on any atom is -0.469 e. The molecule has 4 nitrogen and oxygen atoms in total. The molecule has 1 amide bonds. The van der Waals surface area contributed by atoms with E-state index in [1.807, 2.05) is 0 Å². The lowest BCUT2D eigenvalue weighted by molar-refractivity contribution is -0.136. The van der Waals surface area contributed by atoms with Crippen molar-refractivity contribution >= 4 is 34.5 Å². The fourth-order valence-electron chi connectivity index (χ4n) is 1.39. The van der Waals surface area contributed by atoms with Gasteiger partial charge in [0.1, 0.15) is 0 Å². The van der Waals surface area contributed by atoms with Crippen molar-refractivity contribution in [2.24, 2.45) is 0 Å². The van der Waals surface area contributed by atoms with Gasteiger partial charge in [-0.05, 0) is 18.5 Å². The van der Waals surface area contributed by atoms with Gasteiger partial charge >= 0.3 is 12.0 Å². The average molecular weight is 271 g/mol. The first-order valence-corrected chi connectivity index (χ1v) is 6.10. The fraction of sp³-hybridized carbons (Fsp3) is 0.750. The number of ether oxygens (including phenoxy) is 1. The highest BCUT2D eigenvalue weighted by Crippen LogP contribution is 2.30. The molecule has 1 fully saturated rings. The van der Waals surface area contributed by atoms with Gasteiger partial charge in [0.2, 0.25) is 4.38 Å². The average Bonchev–Trinajstić information content (AvgIpc) is 2.20. The molecule has 0 aliphatic carbocycles. The SMILES string of the molecule is CSC(=S)OC1CCN(C(=O)O)CC1(F)F. The molecule has 8 heteroatoms. The topological polar surface area (TPSA) is 49.8 Å². The molecule has 0 saturated carbocycles. The number of nitrogens with zero attached hydrogens (tertiary/aromatic N) is 1. The van der Waals surface area contributed by atoms with Crippen LogP contribution in [0.1, 0.15) is 6.42 Å². The molecule has 0 spiro atoms. The first-order valence-electron chi connectivity index (χ1n) is 4.47. The van der Waals surface area contributed by atoms with Gasteiger partial charge in [0.15, 0.2) is 6.10 Å². The predicted molar refractivity (Wildman–Crippen MR) is 60.1 cm³/mol. The van der Waals surface area contributed by atoms with E-state index in [1.54, 1.807) is 6.26 Å². The zero-order valence-corrected chi connectivity index (χ0v) is 10.1. The van der Waals surface area contributed by atoms with Crippen LogP contribution in [0.5, 0.6) is 0 Å². The number of rotatable bonds is 1. The molecule has 1 unspecified atom stereocenters. The first kappa shape index (κ1) is 13.4. The number of carbonyl (C=O) groups is 1. The van der Waals surface area contributed by atoms with E-state index in [4.69, 9.17) is 22.1 Å². The molecule has 0 aromatic heterocycles. The monoisotopic (exact) mass is 271 g/mol. The third-order valence-corrected chi connectivity index (χ3v) is 3.24. The van der Waals surface area contributed by atoms with Crippen molar-refractivity contribution < 1.29 is 23.4 Å². The van der Waals surface area contributed by atoms with E-state index >= 15 is 0 Å². The number of thioether (sulfide) groups is 1.